The highest BCUT2D eigenvalue weighted by atomic mass is 32.1. The molecule has 1 rings (SSSR count). The normalized spacial score (nSPS) is 19.9. The van der Waals surface area contributed by atoms with Gasteiger partial charge in [0, 0.05) is 32.5 Å². The summed E-state index contributed by atoms with van der Waals surface area (Å²) in [5, 5.41) is 5.03. The second kappa shape index (κ2) is 6.61. The van der Waals surface area contributed by atoms with Crippen LogP contribution in [0.1, 0.15) is 12.8 Å². The molecule has 1 fully saturated rings. The Hall–Kier alpha value is -1.08. The topological polar surface area (TPSA) is 78.5 Å². The molecule has 2 N–H and O–H groups in total. The molecule has 0 saturated carbocycles. The molecule has 1 aliphatic heterocycles. The molecule has 3 amide bonds. The maximum absolute atomic E-state index is 11.5. The summed E-state index contributed by atoms with van der Waals surface area (Å²) in [4.78, 5) is 35.3. The molecule has 0 aromatic carbocycles. The molecule has 0 bridgehead atoms. The van der Waals surface area contributed by atoms with Crippen LogP contribution in [0.5, 0.6) is 0 Å². The highest BCUT2D eigenvalue weighted by Gasteiger charge is 2.36. The molecule has 17 heavy (non-hydrogen) atoms. The van der Waals surface area contributed by atoms with Gasteiger partial charge in [-0.2, -0.15) is 12.6 Å². The molecule has 0 radical (unpaired) electrons. The Morgan fingerprint density at radius 3 is 2.71 bits per heavy atom. The van der Waals surface area contributed by atoms with E-state index in [-0.39, 0.29) is 37.1 Å². The molecule has 1 atom stereocenters. The van der Waals surface area contributed by atoms with E-state index in [4.69, 9.17) is 0 Å². The number of nitrogens with one attached hydrogen (secondary N) is 2. The smallest absolute Gasteiger partial charge is 0.242 e. The molecule has 0 spiro atoms. The summed E-state index contributed by atoms with van der Waals surface area (Å²) >= 11 is 4.00. The SMILES string of the molecule is CNCCNC(=O)CCN1C(=O)CC(S)C1=O. The maximum atomic E-state index is 11.5. The van der Waals surface area contributed by atoms with Crippen molar-refractivity contribution < 1.29 is 14.4 Å². The standard InChI is InChI=1S/C10H17N3O3S/c1-11-3-4-12-8(14)2-5-13-9(15)6-7(17)10(13)16/h7,11,17H,2-6H2,1H3,(H,12,14). The van der Waals surface area contributed by atoms with Crippen LogP contribution in [0.15, 0.2) is 0 Å². The second-order valence-corrected chi connectivity index (χ2v) is 4.43. The van der Waals surface area contributed by atoms with Crippen LogP contribution >= 0.6 is 12.6 Å². The minimum atomic E-state index is -0.546. The van der Waals surface area contributed by atoms with Crippen molar-refractivity contribution in [2.75, 3.05) is 26.7 Å². The fraction of sp³-hybridized carbons (Fsp3) is 0.700. The molecule has 1 unspecified atom stereocenters. The van der Waals surface area contributed by atoms with Gasteiger partial charge in [-0.25, -0.2) is 0 Å². The Labute approximate surface area is 106 Å². The van der Waals surface area contributed by atoms with Crippen molar-refractivity contribution in [1.29, 1.82) is 0 Å². The summed E-state index contributed by atoms with van der Waals surface area (Å²) in [5.74, 6) is -0.720. The summed E-state index contributed by atoms with van der Waals surface area (Å²) in [6.45, 7) is 1.36. The van der Waals surface area contributed by atoms with Crippen molar-refractivity contribution >= 4 is 30.4 Å². The van der Waals surface area contributed by atoms with E-state index < -0.39 is 5.25 Å². The van der Waals surface area contributed by atoms with E-state index >= 15 is 0 Å². The van der Waals surface area contributed by atoms with Gasteiger partial charge in [0.2, 0.25) is 17.7 Å². The van der Waals surface area contributed by atoms with E-state index in [0.717, 1.165) is 4.90 Å². The van der Waals surface area contributed by atoms with Crippen molar-refractivity contribution in [2.45, 2.75) is 18.1 Å². The zero-order valence-electron chi connectivity index (χ0n) is 9.73. The molecule has 1 heterocycles. The van der Waals surface area contributed by atoms with Crippen molar-refractivity contribution in [3.63, 3.8) is 0 Å². The van der Waals surface area contributed by atoms with E-state index in [2.05, 4.69) is 23.3 Å². The van der Waals surface area contributed by atoms with Gasteiger partial charge in [-0.1, -0.05) is 0 Å². The largest absolute Gasteiger partial charge is 0.355 e. The van der Waals surface area contributed by atoms with Gasteiger partial charge < -0.3 is 10.6 Å². The van der Waals surface area contributed by atoms with Crippen LogP contribution in [0.4, 0.5) is 0 Å². The fourth-order valence-corrected chi connectivity index (χ4v) is 1.82. The fourth-order valence-electron chi connectivity index (χ4n) is 1.53. The zero-order chi connectivity index (χ0) is 12.8. The number of imide groups is 1. The summed E-state index contributed by atoms with van der Waals surface area (Å²) in [6, 6.07) is 0. The average Bonchev–Trinajstić information content (AvgIpc) is 2.51. The lowest BCUT2D eigenvalue weighted by Gasteiger charge is -2.13. The van der Waals surface area contributed by atoms with Gasteiger partial charge in [-0.05, 0) is 7.05 Å². The van der Waals surface area contributed by atoms with Gasteiger partial charge in [0.25, 0.3) is 0 Å². The van der Waals surface area contributed by atoms with Crippen LogP contribution in [-0.4, -0.2) is 54.6 Å². The summed E-state index contributed by atoms with van der Waals surface area (Å²) in [6.07, 6.45) is 0.269. The van der Waals surface area contributed by atoms with Crippen LogP contribution in [0, 0.1) is 0 Å². The third kappa shape index (κ3) is 4.01. The quantitative estimate of drug-likeness (QED) is 0.317. The lowest BCUT2D eigenvalue weighted by atomic mass is 10.3. The molecule has 0 aromatic heterocycles. The summed E-state index contributed by atoms with van der Waals surface area (Å²) in [7, 11) is 1.79. The number of hydrogen-bond donors (Lipinski definition) is 3. The number of rotatable bonds is 6. The Morgan fingerprint density at radius 1 is 1.47 bits per heavy atom. The highest BCUT2D eigenvalue weighted by molar-refractivity contribution is 7.81. The average molecular weight is 259 g/mol. The third-order valence-electron chi connectivity index (χ3n) is 2.48. The van der Waals surface area contributed by atoms with E-state index in [1.807, 2.05) is 0 Å². The van der Waals surface area contributed by atoms with Crippen LogP contribution in [0.2, 0.25) is 0 Å². The number of thiol groups is 1. The molecule has 0 aromatic rings. The number of carbonyl (C=O) groups excluding carboxylic acids is 3. The van der Waals surface area contributed by atoms with Gasteiger partial charge in [0.1, 0.15) is 0 Å². The van der Waals surface area contributed by atoms with Gasteiger partial charge in [0.15, 0.2) is 0 Å². The Bertz CT molecular complexity index is 322. The van der Waals surface area contributed by atoms with Crippen molar-refractivity contribution in [1.82, 2.24) is 15.5 Å². The molecule has 96 valence electrons. The predicted molar refractivity (Wildman–Crippen MR) is 65.7 cm³/mol. The van der Waals surface area contributed by atoms with Crippen molar-refractivity contribution in [3.05, 3.63) is 0 Å². The number of likely N-dealkylation sites (N-methyl/N-ethyl adjacent to an activating group) is 1. The van der Waals surface area contributed by atoms with Gasteiger partial charge >= 0.3 is 0 Å². The minimum absolute atomic E-state index is 0.128. The number of hydrogen-bond acceptors (Lipinski definition) is 5. The molecule has 6 nitrogen and oxygen atoms in total. The number of likely N-dealkylation sites (tertiary alicyclic amines) is 1. The Morgan fingerprint density at radius 2 is 2.18 bits per heavy atom. The molecular formula is C10H17N3O3S. The molecule has 0 aliphatic carbocycles. The van der Waals surface area contributed by atoms with Crippen LogP contribution in [0.25, 0.3) is 0 Å². The molecule has 1 aliphatic rings. The summed E-state index contributed by atoms with van der Waals surface area (Å²) in [5.41, 5.74) is 0. The van der Waals surface area contributed by atoms with E-state index in [9.17, 15) is 14.4 Å². The number of carbonyl (C=O) groups is 3. The Balaban J connectivity index is 2.28. The first kappa shape index (κ1) is 14.0. The van der Waals surface area contributed by atoms with E-state index in [1.54, 1.807) is 7.05 Å². The van der Waals surface area contributed by atoms with Crippen LogP contribution in [-0.2, 0) is 14.4 Å². The predicted octanol–water partition coefficient (Wildman–Crippen LogP) is -1.23. The highest BCUT2D eigenvalue weighted by Crippen LogP contribution is 2.17. The van der Waals surface area contributed by atoms with E-state index in [0.29, 0.717) is 13.1 Å². The van der Waals surface area contributed by atoms with Gasteiger partial charge in [0.05, 0.1) is 5.25 Å². The van der Waals surface area contributed by atoms with Crippen molar-refractivity contribution in [3.8, 4) is 0 Å². The lowest BCUT2D eigenvalue weighted by Crippen LogP contribution is -2.36. The lowest BCUT2D eigenvalue weighted by molar-refractivity contribution is -0.138. The zero-order valence-corrected chi connectivity index (χ0v) is 10.6. The first-order valence-corrected chi connectivity index (χ1v) is 6.01. The summed E-state index contributed by atoms with van der Waals surface area (Å²) < 4.78 is 0. The number of amides is 3. The minimum Gasteiger partial charge on any atom is -0.355 e. The molecular weight excluding hydrogens is 242 g/mol. The van der Waals surface area contributed by atoms with Gasteiger partial charge in [-0.3, -0.25) is 19.3 Å². The number of nitrogens with zero attached hydrogens (tertiary/aromatic N) is 1. The maximum Gasteiger partial charge on any atom is 0.242 e. The second-order valence-electron chi connectivity index (χ2n) is 3.81. The first-order chi connectivity index (χ1) is 8.06. The first-order valence-electron chi connectivity index (χ1n) is 5.50. The Kier molecular flexibility index (Phi) is 5.43. The van der Waals surface area contributed by atoms with E-state index in [1.165, 1.54) is 0 Å². The molecule has 1 saturated heterocycles. The van der Waals surface area contributed by atoms with Crippen molar-refractivity contribution in [2.24, 2.45) is 0 Å². The van der Waals surface area contributed by atoms with Gasteiger partial charge in [-0.15, -0.1) is 0 Å². The molecule has 7 heteroatoms. The monoisotopic (exact) mass is 259 g/mol. The third-order valence-corrected chi connectivity index (χ3v) is 2.88. The van der Waals surface area contributed by atoms with Crippen LogP contribution in [0.3, 0.4) is 0 Å². The van der Waals surface area contributed by atoms with Crippen LogP contribution < -0.4 is 10.6 Å².